The normalized spacial score (nSPS) is 10.8. The molecule has 0 fully saturated rings. The molecule has 0 atom stereocenters. The van der Waals surface area contributed by atoms with Gasteiger partial charge in [-0.2, -0.15) is 5.10 Å². The Morgan fingerprint density at radius 1 is 1.11 bits per heavy atom. The second-order valence-corrected chi connectivity index (χ2v) is 6.61. The largest absolute Gasteiger partial charge is 0.338 e. The number of benzene rings is 2. The standard InChI is InChI=1S/C22H24FN3O/c1-4-25(15-18-9-8-10-19(23)13-18)22(27)14-21-16(2)24-26(17(21)3)20-11-6-5-7-12-20/h5-13H,4,14-15H2,1-3H3. The maximum absolute atomic E-state index is 13.4. The number of amides is 1. The summed E-state index contributed by atoms with van der Waals surface area (Å²) in [5.41, 5.74) is 4.53. The minimum Gasteiger partial charge on any atom is -0.338 e. The fraction of sp³-hybridized carbons (Fsp3) is 0.273. The van der Waals surface area contributed by atoms with E-state index < -0.39 is 0 Å². The van der Waals surface area contributed by atoms with Crippen molar-refractivity contribution < 1.29 is 9.18 Å². The van der Waals surface area contributed by atoms with E-state index in [4.69, 9.17) is 0 Å². The highest BCUT2D eigenvalue weighted by atomic mass is 19.1. The van der Waals surface area contributed by atoms with Crippen molar-refractivity contribution in [1.29, 1.82) is 0 Å². The highest BCUT2D eigenvalue weighted by Crippen LogP contribution is 2.19. The van der Waals surface area contributed by atoms with Gasteiger partial charge in [-0.25, -0.2) is 9.07 Å². The van der Waals surface area contributed by atoms with Crippen LogP contribution in [0.4, 0.5) is 4.39 Å². The predicted molar refractivity (Wildman–Crippen MR) is 104 cm³/mol. The molecule has 1 heterocycles. The Morgan fingerprint density at radius 3 is 2.52 bits per heavy atom. The van der Waals surface area contributed by atoms with E-state index in [2.05, 4.69) is 5.10 Å². The van der Waals surface area contributed by atoms with Crippen LogP contribution in [0.25, 0.3) is 5.69 Å². The van der Waals surface area contributed by atoms with Crippen molar-refractivity contribution in [3.05, 3.63) is 82.9 Å². The van der Waals surface area contributed by atoms with Crippen LogP contribution in [0.2, 0.25) is 0 Å². The van der Waals surface area contributed by atoms with Crippen LogP contribution in [-0.4, -0.2) is 27.1 Å². The van der Waals surface area contributed by atoms with Gasteiger partial charge in [0.25, 0.3) is 0 Å². The van der Waals surface area contributed by atoms with Crippen LogP contribution in [0.3, 0.4) is 0 Å². The maximum Gasteiger partial charge on any atom is 0.227 e. The van der Waals surface area contributed by atoms with Gasteiger partial charge in [0.1, 0.15) is 5.82 Å². The van der Waals surface area contributed by atoms with E-state index in [0.717, 1.165) is 28.2 Å². The second-order valence-electron chi connectivity index (χ2n) is 6.61. The molecular formula is C22H24FN3O. The molecule has 3 aromatic rings. The molecular weight excluding hydrogens is 341 g/mol. The Balaban J connectivity index is 1.79. The summed E-state index contributed by atoms with van der Waals surface area (Å²) >= 11 is 0. The molecule has 0 aliphatic carbocycles. The summed E-state index contributed by atoms with van der Waals surface area (Å²) in [4.78, 5) is 14.6. The summed E-state index contributed by atoms with van der Waals surface area (Å²) in [5.74, 6) is -0.271. The highest BCUT2D eigenvalue weighted by Gasteiger charge is 2.19. The molecule has 0 spiro atoms. The predicted octanol–water partition coefficient (Wildman–Crippen LogP) is 4.22. The van der Waals surface area contributed by atoms with Gasteiger partial charge in [-0.1, -0.05) is 30.3 Å². The molecule has 0 saturated heterocycles. The molecule has 0 bridgehead atoms. The number of carbonyl (C=O) groups excluding carboxylic acids is 1. The molecule has 3 rings (SSSR count). The topological polar surface area (TPSA) is 38.1 Å². The lowest BCUT2D eigenvalue weighted by molar-refractivity contribution is -0.130. The molecule has 140 valence electrons. The van der Waals surface area contributed by atoms with Crippen molar-refractivity contribution >= 4 is 5.91 Å². The van der Waals surface area contributed by atoms with Crippen LogP contribution in [0.1, 0.15) is 29.4 Å². The monoisotopic (exact) mass is 365 g/mol. The van der Waals surface area contributed by atoms with Gasteiger partial charge in [0.15, 0.2) is 0 Å². The van der Waals surface area contributed by atoms with E-state index >= 15 is 0 Å². The van der Waals surface area contributed by atoms with E-state index in [1.807, 2.05) is 61.9 Å². The minimum absolute atomic E-state index is 0.0144. The van der Waals surface area contributed by atoms with Crippen LogP contribution in [0.5, 0.6) is 0 Å². The molecule has 0 N–H and O–H groups in total. The summed E-state index contributed by atoms with van der Waals surface area (Å²) in [7, 11) is 0. The lowest BCUT2D eigenvalue weighted by Crippen LogP contribution is -2.31. The lowest BCUT2D eigenvalue weighted by Gasteiger charge is -2.21. The zero-order valence-electron chi connectivity index (χ0n) is 15.9. The zero-order chi connectivity index (χ0) is 19.4. The van der Waals surface area contributed by atoms with Crippen molar-refractivity contribution in [2.24, 2.45) is 0 Å². The van der Waals surface area contributed by atoms with Gasteiger partial charge >= 0.3 is 0 Å². The average Bonchev–Trinajstić information content (AvgIpc) is 2.95. The van der Waals surface area contributed by atoms with E-state index in [1.54, 1.807) is 11.0 Å². The summed E-state index contributed by atoms with van der Waals surface area (Å²) in [6.45, 7) is 6.82. The van der Waals surface area contributed by atoms with Crippen LogP contribution >= 0.6 is 0 Å². The quantitative estimate of drug-likeness (QED) is 0.656. The van der Waals surface area contributed by atoms with Gasteiger partial charge in [-0.05, 0) is 50.6 Å². The molecule has 27 heavy (non-hydrogen) atoms. The van der Waals surface area contributed by atoms with Crippen LogP contribution < -0.4 is 0 Å². The van der Waals surface area contributed by atoms with Crippen molar-refractivity contribution in [3.63, 3.8) is 0 Å². The Morgan fingerprint density at radius 2 is 1.85 bits per heavy atom. The van der Waals surface area contributed by atoms with Gasteiger partial charge < -0.3 is 4.90 Å². The number of hydrogen-bond donors (Lipinski definition) is 0. The molecule has 0 saturated carbocycles. The first-order chi connectivity index (χ1) is 13.0. The Kier molecular flexibility index (Phi) is 5.69. The van der Waals surface area contributed by atoms with Crippen LogP contribution in [-0.2, 0) is 17.8 Å². The number of aromatic nitrogens is 2. The fourth-order valence-electron chi connectivity index (χ4n) is 3.25. The van der Waals surface area contributed by atoms with Crippen LogP contribution in [0.15, 0.2) is 54.6 Å². The highest BCUT2D eigenvalue weighted by molar-refractivity contribution is 5.79. The molecule has 1 amide bonds. The van der Waals surface area contributed by atoms with Crippen molar-refractivity contribution in [2.75, 3.05) is 6.54 Å². The smallest absolute Gasteiger partial charge is 0.227 e. The minimum atomic E-state index is -0.285. The number of aryl methyl sites for hydroxylation is 1. The Hall–Kier alpha value is -2.95. The van der Waals surface area contributed by atoms with E-state index in [1.165, 1.54) is 12.1 Å². The lowest BCUT2D eigenvalue weighted by atomic mass is 10.1. The number of halogens is 1. The maximum atomic E-state index is 13.4. The number of para-hydroxylation sites is 1. The van der Waals surface area contributed by atoms with Gasteiger partial charge in [-0.3, -0.25) is 4.79 Å². The average molecular weight is 365 g/mol. The number of rotatable bonds is 6. The molecule has 4 nitrogen and oxygen atoms in total. The summed E-state index contributed by atoms with van der Waals surface area (Å²) in [6.07, 6.45) is 0.285. The van der Waals surface area contributed by atoms with Gasteiger partial charge in [0.05, 0.1) is 17.8 Å². The molecule has 0 radical (unpaired) electrons. The van der Waals surface area contributed by atoms with Crippen molar-refractivity contribution in [3.8, 4) is 5.69 Å². The first-order valence-electron chi connectivity index (χ1n) is 9.12. The first-order valence-corrected chi connectivity index (χ1v) is 9.12. The van der Waals surface area contributed by atoms with Crippen molar-refractivity contribution in [2.45, 2.75) is 33.7 Å². The molecule has 2 aromatic carbocycles. The van der Waals surface area contributed by atoms with Gasteiger partial charge in [0, 0.05) is 24.3 Å². The summed E-state index contributed by atoms with van der Waals surface area (Å²) in [5, 5.41) is 4.61. The summed E-state index contributed by atoms with van der Waals surface area (Å²) < 4.78 is 15.3. The third-order valence-corrected chi connectivity index (χ3v) is 4.77. The number of hydrogen-bond acceptors (Lipinski definition) is 2. The first kappa shape index (κ1) is 18.8. The number of carbonyl (C=O) groups is 1. The van der Waals surface area contributed by atoms with Crippen LogP contribution in [0, 0.1) is 19.7 Å². The van der Waals surface area contributed by atoms with Gasteiger partial charge in [-0.15, -0.1) is 0 Å². The van der Waals surface area contributed by atoms with E-state index in [9.17, 15) is 9.18 Å². The SMILES string of the molecule is CCN(Cc1cccc(F)c1)C(=O)Cc1c(C)nn(-c2ccccc2)c1C. The number of nitrogens with zero attached hydrogens (tertiary/aromatic N) is 3. The molecule has 0 unspecified atom stereocenters. The van der Waals surface area contributed by atoms with Gasteiger partial charge in [0.2, 0.25) is 5.91 Å². The third-order valence-electron chi connectivity index (χ3n) is 4.77. The summed E-state index contributed by atoms with van der Waals surface area (Å²) in [6, 6.07) is 16.3. The fourth-order valence-corrected chi connectivity index (χ4v) is 3.25. The molecule has 5 heteroatoms. The molecule has 0 aliphatic rings. The number of likely N-dealkylation sites (N-methyl/N-ethyl adjacent to an activating group) is 1. The third kappa shape index (κ3) is 4.25. The molecule has 1 aromatic heterocycles. The second kappa shape index (κ2) is 8.16. The van der Waals surface area contributed by atoms with Crippen molar-refractivity contribution in [1.82, 2.24) is 14.7 Å². The zero-order valence-corrected chi connectivity index (χ0v) is 15.9. The Labute approximate surface area is 159 Å². The van der Waals surface area contributed by atoms with E-state index in [-0.39, 0.29) is 18.1 Å². The molecule has 0 aliphatic heterocycles. The van der Waals surface area contributed by atoms with E-state index in [0.29, 0.717) is 13.1 Å². The Bertz CT molecular complexity index is 934.